The minimum atomic E-state index is -0.338. The number of nitrogens with zero attached hydrogens (tertiary/aromatic N) is 3. The van der Waals surface area contributed by atoms with Gasteiger partial charge in [-0.05, 0) is 36.1 Å². The van der Waals surface area contributed by atoms with Gasteiger partial charge >= 0.3 is 5.69 Å². The molecule has 0 amide bonds. The van der Waals surface area contributed by atoms with Crippen LogP contribution in [0, 0.1) is 5.82 Å². The van der Waals surface area contributed by atoms with E-state index in [9.17, 15) is 9.18 Å². The topological polar surface area (TPSA) is 67.6 Å². The number of hydrogen-bond donors (Lipinski definition) is 2. The summed E-state index contributed by atoms with van der Waals surface area (Å²) in [6.45, 7) is 1.86. The zero-order chi connectivity index (χ0) is 25.5. The number of halogens is 1. The highest BCUT2D eigenvalue weighted by Gasteiger charge is 2.18. The lowest BCUT2D eigenvalue weighted by molar-refractivity contribution is 0.556. The van der Waals surface area contributed by atoms with Crippen molar-refractivity contribution in [2.75, 3.05) is 11.9 Å². The molecule has 0 saturated heterocycles. The fourth-order valence-electron chi connectivity index (χ4n) is 4.82. The molecule has 5 rings (SSSR count). The van der Waals surface area contributed by atoms with Crippen LogP contribution in [-0.4, -0.2) is 25.6 Å². The first-order valence-electron chi connectivity index (χ1n) is 12.6. The third kappa shape index (κ3) is 5.89. The Morgan fingerprint density at radius 2 is 1.65 bits per heavy atom. The van der Waals surface area contributed by atoms with Crippen LogP contribution in [0.15, 0.2) is 108 Å². The largest absolute Gasteiger partial charge is 0.370 e. The van der Waals surface area contributed by atoms with Crippen molar-refractivity contribution in [1.29, 1.82) is 0 Å². The van der Waals surface area contributed by atoms with Gasteiger partial charge in [0.1, 0.15) is 11.6 Å². The number of aromatic amines is 1. The Hall–Kier alpha value is -4.39. The highest BCUT2D eigenvalue weighted by atomic mass is 19.1. The summed E-state index contributed by atoms with van der Waals surface area (Å²) in [4.78, 5) is 20.1. The van der Waals surface area contributed by atoms with Gasteiger partial charge in [-0.3, -0.25) is 9.55 Å². The van der Waals surface area contributed by atoms with Crippen LogP contribution in [0.5, 0.6) is 0 Å². The molecule has 6 nitrogen and oxygen atoms in total. The van der Waals surface area contributed by atoms with Gasteiger partial charge in [0.25, 0.3) is 0 Å². The average molecular weight is 496 g/mol. The first-order valence-corrected chi connectivity index (χ1v) is 12.6. The standard InChI is InChI=1S/C30H30FN5O/c31-26-14-7-13-25(21-26)28-29(34-30(37)36(28)19-8-18-35-20-17-32-22-35)33-16-15-27(23-9-3-1-4-10-23)24-11-5-2-6-12-24/h1-7,9-14,17,20-22,27,33H,8,15-16,18-19H2,(H,34,37). The summed E-state index contributed by atoms with van der Waals surface area (Å²) in [5, 5.41) is 3.45. The molecule has 3 aromatic carbocycles. The van der Waals surface area contributed by atoms with Gasteiger partial charge in [-0.1, -0.05) is 72.8 Å². The van der Waals surface area contributed by atoms with Gasteiger partial charge in [0.05, 0.1) is 12.0 Å². The number of aromatic nitrogens is 4. The number of aryl methyl sites for hydroxylation is 1. The predicted molar refractivity (Wildman–Crippen MR) is 145 cm³/mol. The van der Waals surface area contributed by atoms with E-state index in [-0.39, 0.29) is 17.4 Å². The highest BCUT2D eigenvalue weighted by molar-refractivity contribution is 5.72. The number of benzene rings is 3. The van der Waals surface area contributed by atoms with E-state index < -0.39 is 0 Å². The molecule has 0 unspecified atom stereocenters. The van der Waals surface area contributed by atoms with E-state index in [1.165, 1.54) is 23.3 Å². The third-order valence-electron chi connectivity index (χ3n) is 6.58. The maximum Gasteiger partial charge on any atom is 0.327 e. The summed E-state index contributed by atoms with van der Waals surface area (Å²) in [5.41, 5.74) is 3.60. The Bertz CT molecular complexity index is 1420. The van der Waals surface area contributed by atoms with Gasteiger partial charge < -0.3 is 9.88 Å². The molecule has 0 bridgehead atoms. The first kappa shape index (κ1) is 24.3. The normalized spacial score (nSPS) is 11.2. The number of rotatable bonds is 11. The minimum absolute atomic E-state index is 0.205. The number of nitrogens with one attached hydrogen (secondary N) is 2. The molecule has 0 atom stereocenters. The molecule has 0 fully saturated rings. The number of H-pyrrole nitrogens is 1. The van der Waals surface area contributed by atoms with Gasteiger partial charge in [0.15, 0.2) is 0 Å². The molecular weight excluding hydrogens is 465 g/mol. The van der Waals surface area contributed by atoms with E-state index in [0.717, 1.165) is 19.4 Å². The fraction of sp³-hybridized carbons (Fsp3) is 0.200. The molecule has 5 aromatic rings. The first-order chi connectivity index (χ1) is 18.2. The Balaban J connectivity index is 1.38. The lowest BCUT2D eigenvalue weighted by Gasteiger charge is -2.19. The molecule has 188 valence electrons. The van der Waals surface area contributed by atoms with Crippen molar-refractivity contribution in [1.82, 2.24) is 19.1 Å². The van der Waals surface area contributed by atoms with Crippen LogP contribution in [0.25, 0.3) is 11.3 Å². The van der Waals surface area contributed by atoms with E-state index in [1.54, 1.807) is 23.2 Å². The van der Waals surface area contributed by atoms with E-state index in [2.05, 4.69) is 63.8 Å². The van der Waals surface area contributed by atoms with Crippen molar-refractivity contribution < 1.29 is 4.39 Å². The minimum Gasteiger partial charge on any atom is -0.370 e. The smallest absolute Gasteiger partial charge is 0.327 e. The van der Waals surface area contributed by atoms with E-state index >= 15 is 0 Å². The monoisotopic (exact) mass is 495 g/mol. The molecule has 0 aliphatic rings. The second-order valence-electron chi connectivity index (χ2n) is 9.06. The molecule has 0 aliphatic heterocycles. The van der Waals surface area contributed by atoms with Crippen molar-refractivity contribution in [3.63, 3.8) is 0 Å². The summed E-state index contributed by atoms with van der Waals surface area (Å²) < 4.78 is 17.8. The molecule has 37 heavy (non-hydrogen) atoms. The van der Waals surface area contributed by atoms with Crippen LogP contribution in [0.2, 0.25) is 0 Å². The number of anilines is 1. The SMILES string of the molecule is O=c1[nH]c(NCCC(c2ccccc2)c2ccccc2)c(-c2cccc(F)c2)n1CCCn1ccnc1. The van der Waals surface area contributed by atoms with Crippen LogP contribution < -0.4 is 11.0 Å². The summed E-state index contributed by atoms with van der Waals surface area (Å²) >= 11 is 0. The maximum atomic E-state index is 14.2. The van der Waals surface area contributed by atoms with E-state index in [1.807, 2.05) is 29.0 Å². The molecule has 2 N–H and O–H groups in total. The molecule has 7 heteroatoms. The molecule has 0 radical (unpaired) electrons. The van der Waals surface area contributed by atoms with Gasteiger partial charge in [-0.25, -0.2) is 14.2 Å². The average Bonchev–Trinajstić information content (AvgIpc) is 3.55. The third-order valence-corrected chi connectivity index (χ3v) is 6.58. The Labute approximate surface area is 215 Å². The van der Waals surface area contributed by atoms with Crippen LogP contribution in [0.1, 0.15) is 29.9 Å². The van der Waals surface area contributed by atoms with Crippen LogP contribution >= 0.6 is 0 Å². The van der Waals surface area contributed by atoms with E-state index in [0.29, 0.717) is 30.2 Å². The predicted octanol–water partition coefficient (Wildman–Crippen LogP) is 5.90. The Kier molecular flexibility index (Phi) is 7.60. The van der Waals surface area contributed by atoms with Crippen LogP contribution in [0.3, 0.4) is 0 Å². The summed E-state index contributed by atoms with van der Waals surface area (Å²) in [6, 6.07) is 27.2. The Morgan fingerprint density at radius 1 is 0.919 bits per heavy atom. The zero-order valence-corrected chi connectivity index (χ0v) is 20.6. The number of imidazole rings is 2. The molecule has 0 saturated carbocycles. The van der Waals surface area contributed by atoms with Gasteiger partial charge in [0, 0.05) is 43.5 Å². The van der Waals surface area contributed by atoms with Crippen molar-refractivity contribution >= 4 is 5.82 Å². The van der Waals surface area contributed by atoms with Crippen molar-refractivity contribution in [2.24, 2.45) is 0 Å². The maximum absolute atomic E-state index is 14.2. The molecule has 0 spiro atoms. The van der Waals surface area contributed by atoms with E-state index in [4.69, 9.17) is 0 Å². The van der Waals surface area contributed by atoms with Crippen LogP contribution in [-0.2, 0) is 13.1 Å². The van der Waals surface area contributed by atoms with Crippen LogP contribution in [0.4, 0.5) is 10.2 Å². The molecule has 2 aromatic heterocycles. The lowest BCUT2D eigenvalue weighted by atomic mass is 9.88. The van der Waals surface area contributed by atoms with Crippen molar-refractivity contribution in [3.8, 4) is 11.3 Å². The molecule has 0 aliphatic carbocycles. The zero-order valence-electron chi connectivity index (χ0n) is 20.6. The summed E-state index contributed by atoms with van der Waals surface area (Å²) in [5.74, 6) is 0.477. The Morgan fingerprint density at radius 3 is 2.30 bits per heavy atom. The highest BCUT2D eigenvalue weighted by Crippen LogP contribution is 2.30. The summed E-state index contributed by atoms with van der Waals surface area (Å²) in [6.07, 6.45) is 6.96. The molecular formula is C30H30FN5O. The summed E-state index contributed by atoms with van der Waals surface area (Å²) in [7, 11) is 0. The second kappa shape index (κ2) is 11.6. The fourth-order valence-corrected chi connectivity index (χ4v) is 4.82. The number of hydrogen-bond acceptors (Lipinski definition) is 3. The van der Waals surface area contributed by atoms with Gasteiger partial charge in [-0.2, -0.15) is 0 Å². The van der Waals surface area contributed by atoms with Gasteiger partial charge in [-0.15, -0.1) is 0 Å². The molecule has 2 heterocycles. The second-order valence-corrected chi connectivity index (χ2v) is 9.06. The quantitative estimate of drug-likeness (QED) is 0.240. The van der Waals surface area contributed by atoms with Gasteiger partial charge in [0.2, 0.25) is 0 Å². The van der Waals surface area contributed by atoms with Crippen molar-refractivity contribution in [2.45, 2.75) is 31.8 Å². The lowest BCUT2D eigenvalue weighted by Crippen LogP contribution is -2.18. The van der Waals surface area contributed by atoms with Crippen molar-refractivity contribution in [3.05, 3.63) is 131 Å².